The van der Waals surface area contributed by atoms with Crippen molar-refractivity contribution < 1.29 is 14.3 Å². The minimum absolute atomic E-state index is 0.246. The van der Waals surface area contributed by atoms with Crippen molar-refractivity contribution in [3.63, 3.8) is 0 Å². The van der Waals surface area contributed by atoms with Crippen LogP contribution in [0.25, 0.3) is 6.08 Å². The van der Waals surface area contributed by atoms with Crippen molar-refractivity contribution >= 4 is 23.6 Å². The number of benzene rings is 2. The number of hydrogen-bond acceptors (Lipinski definition) is 3. The Kier molecular flexibility index (Phi) is 5.69. The molecule has 0 heterocycles. The summed E-state index contributed by atoms with van der Waals surface area (Å²) in [6.45, 7) is 3.74. The molecule has 2 aromatic carbocycles. The van der Waals surface area contributed by atoms with E-state index in [9.17, 15) is 9.59 Å². The van der Waals surface area contributed by atoms with Gasteiger partial charge in [-0.15, -0.1) is 0 Å². The first-order valence-corrected chi connectivity index (χ1v) is 7.43. The number of esters is 1. The third-order valence-electron chi connectivity index (χ3n) is 3.13. The van der Waals surface area contributed by atoms with Gasteiger partial charge < -0.3 is 10.1 Å². The SMILES string of the molecule is CCC(=O)Oc1cccc(NC(=O)/C=C/c2ccc(C)cc2)c1. The Balaban J connectivity index is 1.98. The zero-order chi connectivity index (χ0) is 16.7. The van der Waals surface area contributed by atoms with Crippen LogP contribution < -0.4 is 10.1 Å². The molecule has 0 atom stereocenters. The van der Waals surface area contributed by atoms with Crippen LogP contribution in [0.1, 0.15) is 24.5 Å². The number of anilines is 1. The second kappa shape index (κ2) is 7.94. The molecule has 2 rings (SSSR count). The highest BCUT2D eigenvalue weighted by molar-refractivity contribution is 6.02. The number of rotatable bonds is 5. The first kappa shape index (κ1) is 16.5. The van der Waals surface area contributed by atoms with Gasteiger partial charge >= 0.3 is 5.97 Å². The van der Waals surface area contributed by atoms with Gasteiger partial charge in [-0.2, -0.15) is 0 Å². The van der Waals surface area contributed by atoms with Crippen LogP contribution in [0.15, 0.2) is 54.6 Å². The second-order valence-electron chi connectivity index (χ2n) is 5.09. The lowest BCUT2D eigenvalue weighted by molar-refractivity contribution is -0.134. The van der Waals surface area contributed by atoms with Gasteiger partial charge in [0.25, 0.3) is 0 Å². The maximum atomic E-state index is 11.9. The highest BCUT2D eigenvalue weighted by atomic mass is 16.5. The van der Waals surface area contributed by atoms with Crippen LogP contribution in [0.5, 0.6) is 5.75 Å². The van der Waals surface area contributed by atoms with Crippen molar-refractivity contribution in [2.75, 3.05) is 5.32 Å². The molecular formula is C19H19NO3. The van der Waals surface area contributed by atoms with Crippen LogP contribution in [0.2, 0.25) is 0 Å². The molecule has 0 aromatic heterocycles. The molecular weight excluding hydrogens is 290 g/mol. The van der Waals surface area contributed by atoms with Gasteiger partial charge in [0.05, 0.1) is 0 Å². The second-order valence-corrected chi connectivity index (χ2v) is 5.09. The Morgan fingerprint density at radius 2 is 1.87 bits per heavy atom. The van der Waals surface area contributed by atoms with Crippen LogP contribution in [0, 0.1) is 6.92 Å². The summed E-state index contributed by atoms with van der Waals surface area (Å²) >= 11 is 0. The fourth-order valence-corrected chi connectivity index (χ4v) is 1.87. The van der Waals surface area contributed by atoms with Crippen LogP contribution in [-0.4, -0.2) is 11.9 Å². The Labute approximate surface area is 135 Å². The van der Waals surface area contributed by atoms with E-state index in [1.165, 1.54) is 11.6 Å². The van der Waals surface area contributed by atoms with Crippen molar-refractivity contribution in [3.8, 4) is 5.75 Å². The van der Waals surface area contributed by atoms with Gasteiger partial charge in [0.15, 0.2) is 0 Å². The molecule has 0 saturated heterocycles. The third kappa shape index (κ3) is 5.43. The predicted octanol–water partition coefficient (Wildman–Crippen LogP) is 3.96. The number of amides is 1. The van der Waals surface area contributed by atoms with Gasteiger partial charge in [-0.25, -0.2) is 0 Å². The zero-order valence-electron chi connectivity index (χ0n) is 13.2. The lowest BCUT2D eigenvalue weighted by Crippen LogP contribution is -2.09. The van der Waals surface area contributed by atoms with E-state index >= 15 is 0 Å². The maximum Gasteiger partial charge on any atom is 0.310 e. The molecule has 0 fully saturated rings. The number of ether oxygens (including phenoxy) is 1. The molecule has 0 radical (unpaired) electrons. The first-order valence-electron chi connectivity index (χ1n) is 7.43. The lowest BCUT2D eigenvalue weighted by Gasteiger charge is -2.06. The van der Waals surface area contributed by atoms with Crippen molar-refractivity contribution in [2.24, 2.45) is 0 Å². The Bertz CT molecular complexity index is 718. The predicted molar refractivity (Wildman–Crippen MR) is 91.2 cm³/mol. The van der Waals surface area contributed by atoms with E-state index in [1.807, 2.05) is 31.2 Å². The zero-order valence-corrected chi connectivity index (χ0v) is 13.2. The van der Waals surface area contributed by atoms with Gasteiger partial charge in [0, 0.05) is 24.3 Å². The summed E-state index contributed by atoms with van der Waals surface area (Å²) in [5.41, 5.74) is 2.70. The molecule has 4 heteroatoms. The summed E-state index contributed by atoms with van der Waals surface area (Å²) in [5, 5.41) is 2.74. The van der Waals surface area contributed by atoms with Crippen molar-refractivity contribution in [1.29, 1.82) is 0 Å². The van der Waals surface area contributed by atoms with E-state index in [2.05, 4.69) is 5.32 Å². The smallest absolute Gasteiger partial charge is 0.310 e. The van der Waals surface area contributed by atoms with Crippen LogP contribution in [0.3, 0.4) is 0 Å². The molecule has 23 heavy (non-hydrogen) atoms. The highest BCUT2D eigenvalue weighted by Gasteiger charge is 2.04. The topological polar surface area (TPSA) is 55.4 Å². The Morgan fingerprint density at radius 3 is 2.57 bits per heavy atom. The summed E-state index contributed by atoms with van der Waals surface area (Å²) in [5.74, 6) is -0.144. The molecule has 0 aliphatic carbocycles. The van der Waals surface area contributed by atoms with Gasteiger partial charge in [0.1, 0.15) is 5.75 Å². The Morgan fingerprint density at radius 1 is 1.13 bits per heavy atom. The molecule has 118 valence electrons. The molecule has 4 nitrogen and oxygen atoms in total. The molecule has 2 aromatic rings. The summed E-state index contributed by atoms with van der Waals surface area (Å²) in [6.07, 6.45) is 3.51. The van der Waals surface area contributed by atoms with E-state index in [0.29, 0.717) is 17.9 Å². The first-order chi connectivity index (χ1) is 11.1. The maximum absolute atomic E-state index is 11.9. The molecule has 0 aliphatic rings. The van der Waals surface area contributed by atoms with Gasteiger partial charge in [-0.3, -0.25) is 9.59 Å². The van der Waals surface area contributed by atoms with Crippen LogP contribution in [-0.2, 0) is 9.59 Å². The molecule has 0 spiro atoms. The van der Waals surface area contributed by atoms with E-state index in [0.717, 1.165) is 5.56 Å². The summed E-state index contributed by atoms with van der Waals surface area (Å²) in [6, 6.07) is 14.6. The fourth-order valence-electron chi connectivity index (χ4n) is 1.87. The monoisotopic (exact) mass is 309 g/mol. The largest absolute Gasteiger partial charge is 0.426 e. The highest BCUT2D eigenvalue weighted by Crippen LogP contribution is 2.18. The standard InChI is InChI=1S/C19H19NO3/c1-3-19(22)23-17-6-4-5-16(13-17)20-18(21)12-11-15-9-7-14(2)8-10-15/h4-13H,3H2,1-2H3,(H,20,21)/b12-11+. The molecule has 0 aliphatic heterocycles. The Hall–Kier alpha value is -2.88. The molecule has 1 N–H and O–H groups in total. The van der Waals surface area contributed by atoms with Crippen molar-refractivity contribution in [3.05, 3.63) is 65.7 Å². The van der Waals surface area contributed by atoms with E-state index < -0.39 is 0 Å². The fraction of sp³-hybridized carbons (Fsp3) is 0.158. The van der Waals surface area contributed by atoms with E-state index in [-0.39, 0.29) is 11.9 Å². The quantitative estimate of drug-likeness (QED) is 0.516. The van der Waals surface area contributed by atoms with Crippen molar-refractivity contribution in [1.82, 2.24) is 0 Å². The number of nitrogens with one attached hydrogen (secondary N) is 1. The van der Waals surface area contributed by atoms with Gasteiger partial charge in [-0.05, 0) is 30.7 Å². The lowest BCUT2D eigenvalue weighted by atomic mass is 10.1. The summed E-state index contributed by atoms with van der Waals surface area (Å²) < 4.78 is 5.12. The minimum Gasteiger partial charge on any atom is -0.426 e. The molecule has 0 unspecified atom stereocenters. The van der Waals surface area contributed by atoms with Crippen LogP contribution in [0.4, 0.5) is 5.69 Å². The minimum atomic E-state index is -0.312. The van der Waals surface area contributed by atoms with Crippen molar-refractivity contribution in [2.45, 2.75) is 20.3 Å². The summed E-state index contributed by atoms with van der Waals surface area (Å²) in [7, 11) is 0. The number of aryl methyl sites for hydroxylation is 1. The molecule has 0 bridgehead atoms. The van der Waals surface area contributed by atoms with E-state index in [1.54, 1.807) is 37.3 Å². The number of hydrogen-bond donors (Lipinski definition) is 1. The van der Waals surface area contributed by atoms with Gasteiger partial charge in [-0.1, -0.05) is 42.8 Å². The van der Waals surface area contributed by atoms with Crippen LogP contribution >= 0.6 is 0 Å². The normalized spacial score (nSPS) is 10.5. The number of carbonyl (C=O) groups excluding carboxylic acids is 2. The molecule has 0 saturated carbocycles. The van der Waals surface area contributed by atoms with E-state index in [4.69, 9.17) is 4.74 Å². The summed E-state index contributed by atoms with van der Waals surface area (Å²) in [4.78, 5) is 23.2. The average Bonchev–Trinajstić information content (AvgIpc) is 2.54. The third-order valence-corrected chi connectivity index (χ3v) is 3.13. The molecule has 1 amide bonds. The number of carbonyl (C=O) groups is 2. The van der Waals surface area contributed by atoms with Gasteiger partial charge in [0.2, 0.25) is 5.91 Å². The average molecular weight is 309 g/mol.